The Labute approximate surface area is 139 Å². The summed E-state index contributed by atoms with van der Waals surface area (Å²) in [6.45, 7) is 5.40. The average molecular weight is 357 g/mol. The van der Waals surface area contributed by atoms with Gasteiger partial charge in [0.15, 0.2) is 5.13 Å². The van der Waals surface area contributed by atoms with Crippen LogP contribution in [0.15, 0.2) is 16.4 Å². The Balaban J connectivity index is 1.67. The Morgan fingerprint density at radius 2 is 2.04 bits per heavy atom. The summed E-state index contributed by atoms with van der Waals surface area (Å²) in [5.41, 5.74) is -0.446. The van der Waals surface area contributed by atoms with Crippen molar-refractivity contribution in [3.63, 3.8) is 0 Å². The van der Waals surface area contributed by atoms with Crippen molar-refractivity contribution in [2.75, 3.05) is 4.72 Å². The molecule has 0 aliphatic heterocycles. The normalized spacial score (nSPS) is 18.8. The van der Waals surface area contributed by atoms with E-state index < -0.39 is 27.3 Å². The Kier molecular flexibility index (Phi) is 3.68. The largest absolute Gasteiger partial charge is 0.444 e. The standard InChI is InChI=1S/C14H19N3O4S2/c1-13(2,3)21-12(18)16-14(6-7-14)10-8-22-11(15-10)17-23(19,20)9-4-5-9/h4,8H,5-7H2,1-3H3,(H,15,17)(H,16,18). The van der Waals surface area contributed by atoms with Crippen molar-refractivity contribution >= 4 is 32.6 Å². The Hall–Kier alpha value is -1.61. The molecular formula is C14H19N3O4S2. The van der Waals surface area contributed by atoms with E-state index in [1.54, 1.807) is 32.2 Å². The van der Waals surface area contributed by atoms with Gasteiger partial charge < -0.3 is 10.1 Å². The average Bonchev–Trinajstić information content (AvgIpc) is 3.28. The molecule has 2 aliphatic carbocycles. The van der Waals surface area contributed by atoms with Crippen LogP contribution >= 0.6 is 11.3 Å². The maximum atomic E-state index is 11.9. The van der Waals surface area contributed by atoms with Gasteiger partial charge >= 0.3 is 6.09 Å². The molecule has 0 spiro atoms. The zero-order chi connectivity index (χ0) is 16.9. The van der Waals surface area contributed by atoms with Gasteiger partial charge in [0.25, 0.3) is 10.0 Å². The minimum absolute atomic E-state index is 0.310. The third-order valence-corrected chi connectivity index (χ3v) is 5.80. The minimum atomic E-state index is -3.45. The maximum absolute atomic E-state index is 11.9. The van der Waals surface area contributed by atoms with Crippen LogP contribution < -0.4 is 10.0 Å². The Morgan fingerprint density at radius 3 is 2.57 bits per heavy atom. The second-order valence-electron chi connectivity index (χ2n) is 6.73. The summed E-state index contributed by atoms with van der Waals surface area (Å²) in [6.07, 6.45) is 3.16. The van der Waals surface area contributed by atoms with Gasteiger partial charge in [-0.25, -0.2) is 18.2 Å². The molecule has 2 N–H and O–H groups in total. The summed E-state index contributed by atoms with van der Waals surface area (Å²) in [7, 11) is -3.45. The van der Waals surface area contributed by atoms with Crippen LogP contribution in [0.4, 0.5) is 9.93 Å². The van der Waals surface area contributed by atoms with Crippen LogP contribution in [0.1, 0.15) is 45.7 Å². The van der Waals surface area contributed by atoms with E-state index >= 15 is 0 Å². The number of amides is 1. The van der Waals surface area contributed by atoms with Crippen LogP contribution in [0, 0.1) is 0 Å². The summed E-state index contributed by atoms with van der Waals surface area (Å²) in [5, 5.41) is 4.92. The SMILES string of the molecule is CC(C)(C)OC(=O)NC1(c2csc(NS(=O)(=O)C3=CC3)n2)CC1. The Morgan fingerprint density at radius 1 is 1.39 bits per heavy atom. The number of allylic oxidation sites excluding steroid dienone is 2. The summed E-state index contributed by atoms with van der Waals surface area (Å²) < 4.78 is 31.5. The van der Waals surface area contributed by atoms with Gasteiger partial charge in [0.05, 0.1) is 16.1 Å². The van der Waals surface area contributed by atoms with E-state index in [0.717, 1.165) is 12.8 Å². The lowest BCUT2D eigenvalue weighted by Crippen LogP contribution is -2.39. The van der Waals surface area contributed by atoms with Gasteiger partial charge in [-0.1, -0.05) is 6.08 Å². The van der Waals surface area contributed by atoms with Gasteiger partial charge in [0.1, 0.15) is 5.60 Å². The first kappa shape index (κ1) is 16.3. The molecule has 1 heterocycles. The number of carbonyl (C=O) groups excluding carboxylic acids is 1. The van der Waals surface area contributed by atoms with Crippen LogP contribution in [0.3, 0.4) is 0 Å². The van der Waals surface area contributed by atoms with E-state index in [2.05, 4.69) is 15.0 Å². The lowest BCUT2D eigenvalue weighted by molar-refractivity contribution is 0.0494. The second-order valence-corrected chi connectivity index (χ2v) is 9.32. The van der Waals surface area contributed by atoms with Crippen molar-refractivity contribution in [2.45, 2.75) is 51.2 Å². The number of hydrogen-bond donors (Lipinski definition) is 2. The fraction of sp³-hybridized carbons (Fsp3) is 0.571. The molecule has 9 heteroatoms. The van der Waals surface area contributed by atoms with Gasteiger partial charge in [-0.15, -0.1) is 11.3 Å². The molecule has 0 saturated heterocycles. The van der Waals surface area contributed by atoms with Gasteiger partial charge in [-0.2, -0.15) is 0 Å². The first-order chi connectivity index (χ1) is 10.6. The predicted octanol–water partition coefficient (Wildman–Crippen LogP) is 2.69. The van der Waals surface area contributed by atoms with Crippen molar-refractivity contribution in [1.29, 1.82) is 0 Å². The number of alkyl carbamates (subject to hydrolysis) is 1. The highest BCUT2D eigenvalue weighted by Crippen LogP contribution is 2.46. The number of sulfonamides is 1. The molecule has 1 saturated carbocycles. The molecule has 1 amide bonds. The van der Waals surface area contributed by atoms with Crippen LogP contribution in [-0.2, 0) is 20.3 Å². The number of hydrogen-bond acceptors (Lipinski definition) is 6. The van der Waals surface area contributed by atoms with E-state index in [9.17, 15) is 13.2 Å². The van der Waals surface area contributed by atoms with Gasteiger partial charge in [0.2, 0.25) is 0 Å². The van der Waals surface area contributed by atoms with Crippen molar-refractivity contribution in [2.24, 2.45) is 0 Å². The number of rotatable bonds is 5. The van der Waals surface area contributed by atoms with Crippen molar-refractivity contribution in [1.82, 2.24) is 10.3 Å². The summed E-state index contributed by atoms with van der Waals surface area (Å²) in [6, 6.07) is 0. The number of nitrogens with one attached hydrogen (secondary N) is 2. The smallest absolute Gasteiger partial charge is 0.408 e. The summed E-state index contributed by atoms with van der Waals surface area (Å²) in [5.74, 6) is 0. The fourth-order valence-electron chi connectivity index (χ4n) is 2.05. The summed E-state index contributed by atoms with van der Waals surface area (Å²) in [4.78, 5) is 16.7. The van der Waals surface area contributed by atoms with Crippen LogP contribution in [0.25, 0.3) is 0 Å². The highest BCUT2D eigenvalue weighted by atomic mass is 32.2. The van der Waals surface area contributed by atoms with Gasteiger partial charge in [-0.3, -0.25) is 4.72 Å². The number of carbonyl (C=O) groups is 1. The second kappa shape index (κ2) is 5.20. The maximum Gasteiger partial charge on any atom is 0.408 e. The first-order valence-corrected chi connectivity index (χ1v) is 9.65. The lowest BCUT2D eigenvalue weighted by Gasteiger charge is -2.22. The Bertz CT molecular complexity index is 770. The summed E-state index contributed by atoms with van der Waals surface area (Å²) >= 11 is 1.21. The number of thiazole rings is 1. The van der Waals surface area contributed by atoms with Crippen LogP contribution in [-0.4, -0.2) is 25.1 Å². The zero-order valence-corrected chi connectivity index (χ0v) is 14.8. The zero-order valence-electron chi connectivity index (χ0n) is 13.2. The van der Waals surface area contributed by atoms with Gasteiger partial charge in [-0.05, 0) is 33.6 Å². The minimum Gasteiger partial charge on any atom is -0.444 e. The monoisotopic (exact) mass is 357 g/mol. The number of aromatic nitrogens is 1. The van der Waals surface area contributed by atoms with Crippen LogP contribution in [0.5, 0.6) is 0 Å². The molecule has 0 aromatic carbocycles. The molecule has 1 aromatic heterocycles. The van der Waals surface area contributed by atoms with E-state index in [1.807, 2.05) is 0 Å². The first-order valence-electron chi connectivity index (χ1n) is 7.29. The van der Waals surface area contributed by atoms with Crippen molar-refractivity contribution in [3.8, 4) is 0 Å². The highest BCUT2D eigenvalue weighted by Gasteiger charge is 2.48. The fourth-order valence-corrected chi connectivity index (χ4v) is 4.15. The highest BCUT2D eigenvalue weighted by molar-refractivity contribution is 7.97. The molecule has 126 valence electrons. The molecule has 0 atom stereocenters. The molecule has 1 aromatic rings. The molecule has 0 unspecified atom stereocenters. The van der Waals surface area contributed by atoms with Crippen LogP contribution in [0.2, 0.25) is 0 Å². The quantitative estimate of drug-likeness (QED) is 0.844. The molecule has 0 radical (unpaired) electrons. The number of anilines is 1. The topological polar surface area (TPSA) is 97.4 Å². The molecule has 23 heavy (non-hydrogen) atoms. The molecule has 7 nitrogen and oxygen atoms in total. The van der Waals surface area contributed by atoms with E-state index in [-0.39, 0.29) is 0 Å². The van der Waals surface area contributed by atoms with Crippen molar-refractivity contribution in [3.05, 3.63) is 22.1 Å². The van der Waals surface area contributed by atoms with Crippen molar-refractivity contribution < 1.29 is 17.9 Å². The molecule has 0 bridgehead atoms. The van der Waals surface area contributed by atoms with Gasteiger partial charge in [0, 0.05) is 11.8 Å². The molecule has 1 fully saturated rings. The molecule has 3 rings (SSSR count). The molecule has 2 aliphatic rings. The lowest BCUT2D eigenvalue weighted by atomic mass is 10.2. The number of ether oxygens (including phenoxy) is 1. The van der Waals surface area contributed by atoms with E-state index in [4.69, 9.17) is 4.74 Å². The molecular weight excluding hydrogens is 338 g/mol. The number of nitrogens with zero attached hydrogens (tertiary/aromatic N) is 1. The van der Waals surface area contributed by atoms with E-state index in [0.29, 0.717) is 22.2 Å². The third-order valence-electron chi connectivity index (χ3n) is 3.42. The predicted molar refractivity (Wildman–Crippen MR) is 87.6 cm³/mol. The third kappa shape index (κ3) is 3.84. The van der Waals surface area contributed by atoms with E-state index in [1.165, 1.54) is 11.3 Å².